The Balaban J connectivity index is 2.00. The van der Waals surface area contributed by atoms with Crippen molar-refractivity contribution in [3.05, 3.63) is 30.2 Å². The van der Waals surface area contributed by atoms with Gasteiger partial charge in [-0.1, -0.05) is 0 Å². The van der Waals surface area contributed by atoms with Crippen LogP contribution in [0.15, 0.2) is 23.6 Å². The fourth-order valence-electron chi connectivity index (χ4n) is 2.94. The van der Waals surface area contributed by atoms with Crippen LogP contribution in [0.3, 0.4) is 0 Å². The fraction of sp³-hybridized carbons (Fsp3) is 0.571. The Kier molecular flexibility index (Phi) is 4.26. The van der Waals surface area contributed by atoms with Gasteiger partial charge in [0.15, 0.2) is 5.03 Å². The van der Waals surface area contributed by atoms with Crippen molar-refractivity contribution >= 4 is 10.0 Å². The van der Waals surface area contributed by atoms with E-state index in [-0.39, 0.29) is 11.1 Å². The highest BCUT2D eigenvalue weighted by molar-refractivity contribution is 7.89. The number of aryl methyl sites for hydroxylation is 3. The SMILES string of the molecule is CCn1cc(S(=O)(=O)N2CCNCC2c2nccn2C)nc1C. The Bertz CT molecular complexity index is 794. The van der Waals surface area contributed by atoms with Gasteiger partial charge in [0.1, 0.15) is 11.6 Å². The normalized spacial score (nSPS) is 20.0. The molecule has 2 aromatic rings. The summed E-state index contributed by atoms with van der Waals surface area (Å²) < 4.78 is 31.3. The van der Waals surface area contributed by atoms with Crippen molar-refractivity contribution in [1.29, 1.82) is 0 Å². The summed E-state index contributed by atoms with van der Waals surface area (Å²) in [5, 5.41) is 3.36. The average molecular weight is 338 g/mol. The van der Waals surface area contributed by atoms with E-state index >= 15 is 0 Å². The zero-order valence-electron chi connectivity index (χ0n) is 13.6. The van der Waals surface area contributed by atoms with Crippen LogP contribution in [-0.2, 0) is 23.6 Å². The summed E-state index contributed by atoms with van der Waals surface area (Å²) in [5.41, 5.74) is 0. The second-order valence-electron chi connectivity index (χ2n) is 5.64. The van der Waals surface area contributed by atoms with Gasteiger partial charge < -0.3 is 14.5 Å². The van der Waals surface area contributed by atoms with E-state index in [1.54, 1.807) is 12.4 Å². The molecule has 1 atom stereocenters. The second-order valence-corrected chi connectivity index (χ2v) is 7.48. The Morgan fingerprint density at radius 1 is 1.43 bits per heavy atom. The van der Waals surface area contributed by atoms with Crippen molar-refractivity contribution < 1.29 is 8.42 Å². The van der Waals surface area contributed by atoms with Gasteiger partial charge in [-0.15, -0.1) is 0 Å². The number of hydrogen-bond donors (Lipinski definition) is 1. The van der Waals surface area contributed by atoms with Gasteiger partial charge in [-0.05, 0) is 13.8 Å². The molecule has 0 aliphatic carbocycles. The predicted octanol–water partition coefficient (Wildman–Crippen LogP) is 0.280. The minimum Gasteiger partial charge on any atom is -0.337 e. The van der Waals surface area contributed by atoms with Crippen molar-refractivity contribution in [1.82, 2.24) is 28.7 Å². The number of imidazole rings is 2. The molecule has 0 radical (unpaired) electrons. The number of nitrogens with one attached hydrogen (secondary N) is 1. The first-order chi connectivity index (χ1) is 10.9. The highest BCUT2D eigenvalue weighted by Crippen LogP contribution is 2.27. The quantitative estimate of drug-likeness (QED) is 0.865. The molecule has 0 spiro atoms. The number of piperazine rings is 1. The molecule has 1 aliphatic heterocycles. The summed E-state index contributed by atoms with van der Waals surface area (Å²) in [5.74, 6) is 1.43. The molecule has 8 nitrogen and oxygen atoms in total. The molecular formula is C14H22N6O2S. The predicted molar refractivity (Wildman–Crippen MR) is 85.3 cm³/mol. The maximum absolute atomic E-state index is 13.1. The van der Waals surface area contributed by atoms with Crippen molar-refractivity contribution in [2.24, 2.45) is 7.05 Å². The van der Waals surface area contributed by atoms with Crippen LogP contribution < -0.4 is 5.32 Å². The van der Waals surface area contributed by atoms with Gasteiger partial charge in [-0.25, -0.2) is 18.4 Å². The van der Waals surface area contributed by atoms with Crippen LogP contribution >= 0.6 is 0 Å². The Hall–Kier alpha value is -1.71. The van der Waals surface area contributed by atoms with Crippen LogP contribution in [0.5, 0.6) is 0 Å². The van der Waals surface area contributed by atoms with Crippen LogP contribution in [0, 0.1) is 6.92 Å². The maximum Gasteiger partial charge on any atom is 0.262 e. The summed E-state index contributed by atoms with van der Waals surface area (Å²) >= 11 is 0. The molecule has 3 heterocycles. The smallest absolute Gasteiger partial charge is 0.262 e. The topological polar surface area (TPSA) is 85.0 Å². The molecule has 2 aromatic heterocycles. The van der Waals surface area contributed by atoms with Gasteiger partial charge in [-0.2, -0.15) is 4.31 Å². The van der Waals surface area contributed by atoms with Gasteiger partial charge in [0, 0.05) is 51.8 Å². The number of nitrogens with zero attached hydrogens (tertiary/aromatic N) is 5. The molecule has 1 aliphatic rings. The third kappa shape index (κ3) is 2.79. The monoisotopic (exact) mass is 338 g/mol. The van der Waals surface area contributed by atoms with Gasteiger partial charge >= 0.3 is 0 Å². The van der Waals surface area contributed by atoms with E-state index in [1.165, 1.54) is 4.31 Å². The van der Waals surface area contributed by atoms with Crippen molar-refractivity contribution in [3.8, 4) is 0 Å². The zero-order chi connectivity index (χ0) is 16.6. The molecule has 3 rings (SSSR count). The Morgan fingerprint density at radius 2 is 2.22 bits per heavy atom. The highest BCUT2D eigenvalue weighted by Gasteiger charge is 2.37. The molecule has 0 bridgehead atoms. The fourth-order valence-corrected chi connectivity index (χ4v) is 4.52. The lowest BCUT2D eigenvalue weighted by Crippen LogP contribution is -2.49. The second kappa shape index (κ2) is 6.06. The first kappa shape index (κ1) is 16.2. The lowest BCUT2D eigenvalue weighted by atomic mass is 10.2. The van der Waals surface area contributed by atoms with Gasteiger partial charge in [0.05, 0.1) is 6.04 Å². The molecule has 1 unspecified atom stereocenters. The first-order valence-corrected chi connectivity index (χ1v) is 9.12. The molecule has 1 fully saturated rings. The number of rotatable bonds is 4. The molecule has 126 valence electrons. The summed E-state index contributed by atoms with van der Waals surface area (Å²) in [4.78, 5) is 8.58. The van der Waals surface area contributed by atoms with E-state index in [2.05, 4.69) is 15.3 Å². The molecule has 0 saturated carbocycles. The van der Waals surface area contributed by atoms with Crippen LogP contribution in [-0.4, -0.2) is 51.5 Å². The number of hydrogen-bond acceptors (Lipinski definition) is 5. The summed E-state index contributed by atoms with van der Waals surface area (Å²) in [6.45, 7) is 6.03. The molecule has 0 amide bonds. The van der Waals surface area contributed by atoms with E-state index in [4.69, 9.17) is 0 Å². The minimum atomic E-state index is -3.66. The first-order valence-electron chi connectivity index (χ1n) is 7.68. The largest absolute Gasteiger partial charge is 0.337 e. The van der Waals surface area contributed by atoms with Crippen molar-refractivity contribution in [2.75, 3.05) is 19.6 Å². The van der Waals surface area contributed by atoms with E-state index in [1.807, 2.05) is 36.2 Å². The summed E-state index contributed by atoms with van der Waals surface area (Å²) in [7, 11) is -1.78. The lowest BCUT2D eigenvalue weighted by molar-refractivity contribution is 0.257. The van der Waals surface area contributed by atoms with Crippen LogP contribution in [0.2, 0.25) is 0 Å². The van der Waals surface area contributed by atoms with Crippen molar-refractivity contribution in [2.45, 2.75) is 31.5 Å². The van der Waals surface area contributed by atoms with Crippen LogP contribution in [0.25, 0.3) is 0 Å². The zero-order valence-corrected chi connectivity index (χ0v) is 14.4. The summed E-state index contributed by atoms with van der Waals surface area (Å²) in [6.07, 6.45) is 5.12. The van der Waals surface area contributed by atoms with Crippen LogP contribution in [0.1, 0.15) is 24.6 Å². The van der Waals surface area contributed by atoms with Crippen molar-refractivity contribution in [3.63, 3.8) is 0 Å². The average Bonchev–Trinajstić information content (AvgIpc) is 3.13. The number of sulfonamides is 1. The van der Waals surface area contributed by atoms with E-state index < -0.39 is 10.0 Å². The standard InChI is InChI=1S/C14H22N6O2S/c1-4-19-10-13(17-11(19)2)23(21,22)20-8-5-15-9-12(20)14-16-6-7-18(14)3/h6-7,10,12,15H,4-5,8-9H2,1-3H3. The molecule has 1 N–H and O–H groups in total. The molecular weight excluding hydrogens is 316 g/mol. The Morgan fingerprint density at radius 3 is 2.83 bits per heavy atom. The van der Waals surface area contributed by atoms with E-state index in [0.717, 1.165) is 5.82 Å². The molecule has 0 aromatic carbocycles. The lowest BCUT2D eigenvalue weighted by Gasteiger charge is -2.34. The van der Waals surface area contributed by atoms with Crippen LogP contribution in [0.4, 0.5) is 0 Å². The third-order valence-corrected chi connectivity index (χ3v) is 6.00. The molecule has 23 heavy (non-hydrogen) atoms. The van der Waals surface area contributed by atoms with Gasteiger partial charge in [0.2, 0.25) is 0 Å². The van der Waals surface area contributed by atoms with Gasteiger partial charge in [0.25, 0.3) is 10.0 Å². The Labute approximate surface area is 136 Å². The summed E-state index contributed by atoms with van der Waals surface area (Å²) in [6, 6.07) is -0.333. The highest BCUT2D eigenvalue weighted by atomic mass is 32.2. The van der Waals surface area contributed by atoms with E-state index in [0.29, 0.717) is 32.0 Å². The third-order valence-electron chi connectivity index (χ3n) is 4.22. The number of aromatic nitrogens is 4. The van der Waals surface area contributed by atoms with E-state index in [9.17, 15) is 8.42 Å². The van der Waals surface area contributed by atoms with Gasteiger partial charge in [-0.3, -0.25) is 0 Å². The molecule has 9 heteroatoms. The minimum absolute atomic E-state index is 0.109. The molecule has 1 saturated heterocycles. The maximum atomic E-state index is 13.1.